The van der Waals surface area contributed by atoms with Crippen LogP contribution in [-0.4, -0.2) is 35.5 Å². The first kappa shape index (κ1) is 15.7. The molecule has 1 unspecified atom stereocenters. The number of nitrogens with one attached hydrogen (secondary N) is 1. The van der Waals surface area contributed by atoms with Gasteiger partial charge >= 0.3 is 5.69 Å². The van der Waals surface area contributed by atoms with E-state index >= 15 is 0 Å². The topological polar surface area (TPSA) is 58.4 Å². The number of rotatable bonds is 5. The summed E-state index contributed by atoms with van der Waals surface area (Å²) in [4.78, 5) is 12.5. The second-order valence-electron chi connectivity index (χ2n) is 5.54. The van der Waals surface area contributed by atoms with Gasteiger partial charge in [-0.25, -0.2) is 0 Å². The van der Waals surface area contributed by atoms with Crippen LogP contribution in [0.15, 0.2) is 18.2 Å². The van der Waals surface area contributed by atoms with E-state index in [0.717, 1.165) is 51.4 Å². The molecule has 1 aliphatic heterocycles. The van der Waals surface area contributed by atoms with Crippen molar-refractivity contribution >= 4 is 11.4 Å². The number of halogens is 1. The lowest BCUT2D eigenvalue weighted by Crippen LogP contribution is -2.27. The zero-order valence-corrected chi connectivity index (χ0v) is 12.3. The van der Waals surface area contributed by atoms with E-state index in [0.29, 0.717) is 5.69 Å². The van der Waals surface area contributed by atoms with Crippen molar-refractivity contribution in [3.8, 4) is 0 Å². The Kier molecular flexibility index (Phi) is 5.50. The standard InChI is InChI=1S/C15H22FN3O2/c1-2-8-18-9-3-4-12(7-10-18)17-13-5-6-14(16)15(11-13)19(20)21/h5-6,11-12,17H,2-4,7-10H2,1H3. The third-order valence-electron chi connectivity index (χ3n) is 3.87. The lowest BCUT2D eigenvalue weighted by atomic mass is 10.1. The van der Waals surface area contributed by atoms with Gasteiger partial charge in [0.2, 0.25) is 5.82 Å². The molecule has 0 spiro atoms. The third kappa shape index (κ3) is 4.39. The van der Waals surface area contributed by atoms with Gasteiger partial charge in [-0.2, -0.15) is 4.39 Å². The SMILES string of the molecule is CCCN1CCCC(Nc2ccc(F)c([N+](=O)[O-])c2)CC1. The fraction of sp³-hybridized carbons (Fsp3) is 0.600. The van der Waals surface area contributed by atoms with Gasteiger partial charge in [0.05, 0.1) is 4.92 Å². The Balaban J connectivity index is 1.98. The van der Waals surface area contributed by atoms with Crippen LogP contribution in [0.2, 0.25) is 0 Å². The molecule has 1 aromatic carbocycles. The van der Waals surface area contributed by atoms with Crippen molar-refractivity contribution < 1.29 is 9.31 Å². The van der Waals surface area contributed by atoms with Crippen LogP contribution in [0.1, 0.15) is 32.6 Å². The molecule has 0 aliphatic carbocycles. The Morgan fingerprint density at radius 2 is 2.24 bits per heavy atom. The first-order chi connectivity index (χ1) is 10.1. The Hall–Kier alpha value is -1.69. The lowest BCUT2D eigenvalue weighted by Gasteiger charge is -2.20. The maximum atomic E-state index is 13.3. The number of nitro benzene ring substituents is 1. The van der Waals surface area contributed by atoms with Gasteiger partial charge in [0.1, 0.15) is 0 Å². The number of anilines is 1. The van der Waals surface area contributed by atoms with Crippen LogP contribution in [0.3, 0.4) is 0 Å². The van der Waals surface area contributed by atoms with Crippen molar-refractivity contribution in [2.24, 2.45) is 0 Å². The van der Waals surface area contributed by atoms with Gasteiger partial charge in [0.15, 0.2) is 0 Å². The van der Waals surface area contributed by atoms with Crippen LogP contribution in [0, 0.1) is 15.9 Å². The Morgan fingerprint density at radius 1 is 1.43 bits per heavy atom. The van der Waals surface area contributed by atoms with Crippen molar-refractivity contribution in [1.29, 1.82) is 0 Å². The molecule has 1 aliphatic rings. The summed E-state index contributed by atoms with van der Waals surface area (Å²) in [5, 5.41) is 14.1. The summed E-state index contributed by atoms with van der Waals surface area (Å²) in [5.41, 5.74) is 0.151. The largest absolute Gasteiger partial charge is 0.382 e. The van der Waals surface area contributed by atoms with E-state index in [4.69, 9.17) is 0 Å². The average molecular weight is 295 g/mol. The molecule has 6 heteroatoms. The number of benzene rings is 1. The van der Waals surface area contributed by atoms with Crippen molar-refractivity contribution in [1.82, 2.24) is 4.90 Å². The number of hydrogen-bond acceptors (Lipinski definition) is 4. The molecule has 2 rings (SSSR count). The van der Waals surface area contributed by atoms with Crippen LogP contribution >= 0.6 is 0 Å². The minimum atomic E-state index is -0.791. The minimum Gasteiger partial charge on any atom is -0.382 e. The molecule has 1 atom stereocenters. The maximum Gasteiger partial charge on any atom is 0.306 e. The number of likely N-dealkylation sites (tertiary alicyclic amines) is 1. The van der Waals surface area contributed by atoms with Gasteiger partial charge in [0, 0.05) is 24.3 Å². The normalized spacial score (nSPS) is 20.0. The highest BCUT2D eigenvalue weighted by atomic mass is 19.1. The van der Waals surface area contributed by atoms with E-state index in [1.807, 2.05) is 0 Å². The van der Waals surface area contributed by atoms with Crippen LogP contribution in [-0.2, 0) is 0 Å². The second-order valence-corrected chi connectivity index (χ2v) is 5.54. The predicted molar refractivity (Wildman–Crippen MR) is 81.0 cm³/mol. The van der Waals surface area contributed by atoms with Gasteiger partial charge in [-0.05, 0) is 50.9 Å². The second kappa shape index (κ2) is 7.36. The van der Waals surface area contributed by atoms with Crippen LogP contribution in [0.5, 0.6) is 0 Å². The third-order valence-corrected chi connectivity index (χ3v) is 3.87. The summed E-state index contributed by atoms with van der Waals surface area (Å²) >= 11 is 0. The molecular formula is C15H22FN3O2. The molecule has 0 amide bonds. The summed E-state index contributed by atoms with van der Waals surface area (Å²) in [7, 11) is 0. The quantitative estimate of drug-likeness (QED) is 0.668. The number of nitrogens with zero attached hydrogens (tertiary/aromatic N) is 2. The summed E-state index contributed by atoms with van der Waals surface area (Å²) in [5.74, 6) is -0.791. The smallest absolute Gasteiger partial charge is 0.306 e. The Bertz CT molecular complexity index is 496. The molecule has 0 bridgehead atoms. The molecule has 1 saturated heterocycles. The summed E-state index contributed by atoms with van der Waals surface area (Å²) in [6, 6.07) is 4.29. The lowest BCUT2D eigenvalue weighted by molar-refractivity contribution is -0.387. The zero-order valence-electron chi connectivity index (χ0n) is 12.3. The summed E-state index contributed by atoms with van der Waals surface area (Å²) < 4.78 is 13.3. The highest BCUT2D eigenvalue weighted by molar-refractivity contribution is 5.52. The maximum absolute atomic E-state index is 13.3. The Labute approximate surface area is 124 Å². The molecule has 0 radical (unpaired) electrons. The highest BCUT2D eigenvalue weighted by Gasteiger charge is 2.19. The van der Waals surface area contributed by atoms with E-state index in [1.165, 1.54) is 6.07 Å². The van der Waals surface area contributed by atoms with E-state index in [-0.39, 0.29) is 6.04 Å². The monoisotopic (exact) mass is 295 g/mol. The first-order valence-electron chi connectivity index (χ1n) is 7.53. The van der Waals surface area contributed by atoms with Crippen molar-refractivity contribution in [3.63, 3.8) is 0 Å². The van der Waals surface area contributed by atoms with Crippen LogP contribution in [0.25, 0.3) is 0 Å². The minimum absolute atomic E-state index is 0.289. The van der Waals surface area contributed by atoms with Gasteiger partial charge < -0.3 is 10.2 Å². The molecule has 1 fully saturated rings. The fourth-order valence-electron chi connectivity index (χ4n) is 2.82. The molecule has 0 saturated carbocycles. The molecule has 5 nitrogen and oxygen atoms in total. The number of hydrogen-bond donors (Lipinski definition) is 1. The van der Waals surface area contributed by atoms with Crippen molar-refractivity contribution in [2.75, 3.05) is 25.0 Å². The predicted octanol–water partition coefficient (Wildman–Crippen LogP) is 3.41. The summed E-state index contributed by atoms with van der Waals surface area (Å²) in [6.45, 7) is 5.44. The number of nitro groups is 1. The highest BCUT2D eigenvalue weighted by Crippen LogP contribution is 2.24. The van der Waals surface area contributed by atoms with Crippen molar-refractivity contribution in [2.45, 2.75) is 38.6 Å². The molecule has 1 aromatic rings. The van der Waals surface area contributed by atoms with Crippen LogP contribution in [0.4, 0.5) is 15.8 Å². The first-order valence-corrected chi connectivity index (χ1v) is 7.53. The van der Waals surface area contributed by atoms with E-state index in [9.17, 15) is 14.5 Å². The molecule has 116 valence electrons. The van der Waals surface area contributed by atoms with E-state index < -0.39 is 16.4 Å². The van der Waals surface area contributed by atoms with Crippen molar-refractivity contribution in [3.05, 3.63) is 34.1 Å². The fourth-order valence-corrected chi connectivity index (χ4v) is 2.82. The molecule has 1 heterocycles. The zero-order chi connectivity index (χ0) is 15.2. The van der Waals surface area contributed by atoms with Gasteiger partial charge in [0.25, 0.3) is 0 Å². The van der Waals surface area contributed by atoms with E-state index in [1.54, 1.807) is 6.07 Å². The van der Waals surface area contributed by atoms with E-state index in [2.05, 4.69) is 17.1 Å². The summed E-state index contributed by atoms with van der Waals surface area (Å²) in [6.07, 6.45) is 4.31. The van der Waals surface area contributed by atoms with Gasteiger partial charge in [-0.1, -0.05) is 6.92 Å². The molecule has 1 N–H and O–H groups in total. The molecule has 21 heavy (non-hydrogen) atoms. The van der Waals surface area contributed by atoms with Gasteiger partial charge in [-0.15, -0.1) is 0 Å². The Morgan fingerprint density at radius 3 is 2.95 bits per heavy atom. The van der Waals surface area contributed by atoms with Gasteiger partial charge in [-0.3, -0.25) is 10.1 Å². The molecule has 0 aromatic heterocycles. The average Bonchev–Trinajstić information content (AvgIpc) is 2.67. The molecular weight excluding hydrogens is 273 g/mol. The van der Waals surface area contributed by atoms with Crippen LogP contribution < -0.4 is 5.32 Å².